The number of rotatable bonds is 4. The zero-order chi connectivity index (χ0) is 11.4. The van der Waals surface area contributed by atoms with Gasteiger partial charge in [0.15, 0.2) is 0 Å². The van der Waals surface area contributed by atoms with Gasteiger partial charge in [0, 0.05) is 25.3 Å². The van der Waals surface area contributed by atoms with E-state index in [0.29, 0.717) is 6.61 Å². The molecule has 0 aliphatic carbocycles. The summed E-state index contributed by atoms with van der Waals surface area (Å²) in [4.78, 5) is 0. The van der Waals surface area contributed by atoms with E-state index in [1.54, 1.807) is 7.11 Å². The second kappa shape index (κ2) is 4.75. The minimum Gasteiger partial charge on any atom is -0.508 e. The molecular formula is C10H15NO4. The second-order valence-electron chi connectivity index (χ2n) is 3.36. The molecule has 0 fully saturated rings. The first-order valence-electron chi connectivity index (χ1n) is 4.55. The Bertz CT molecular complexity index is 317. The summed E-state index contributed by atoms with van der Waals surface area (Å²) in [6.07, 6.45) is 0. The van der Waals surface area contributed by atoms with Crippen LogP contribution >= 0.6 is 0 Å². The van der Waals surface area contributed by atoms with Crippen LogP contribution in [0, 0.1) is 0 Å². The molecule has 0 amide bonds. The van der Waals surface area contributed by atoms with Crippen LogP contribution in [0.15, 0.2) is 12.1 Å². The van der Waals surface area contributed by atoms with E-state index in [1.165, 1.54) is 0 Å². The van der Waals surface area contributed by atoms with Crippen LogP contribution in [0.2, 0.25) is 0 Å². The van der Waals surface area contributed by atoms with E-state index in [2.05, 4.69) is 5.32 Å². The number of hydrogen-bond acceptors (Lipinski definition) is 5. The molecular weight excluding hydrogens is 198 g/mol. The van der Waals surface area contributed by atoms with Gasteiger partial charge in [-0.3, -0.25) is 0 Å². The Labute approximate surface area is 87.9 Å². The van der Waals surface area contributed by atoms with Gasteiger partial charge in [0.1, 0.15) is 22.9 Å². The van der Waals surface area contributed by atoms with Crippen LogP contribution in [-0.2, 0) is 4.74 Å². The lowest BCUT2D eigenvalue weighted by Gasteiger charge is -2.16. The van der Waals surface area contributed by atoms with E-state index >= 15 is 0 Å². The lowest BCUT2D eigenvalue weighted by Crippen LogP contribution is -2.20. The first-order chi connectivity index (χ1) is 7.04. The monoisotopic (exact) mass is 213 g/mol. The summed E-state index contributed by atoms with van der Waals surface area (Å²) in [5, 5.41) is 30.9. The number of aromatic hydroxyl groups is 3. The highest BCUT2D eigenvalue weighted by molar-refractivity contribution is 5.67. The molecule has 0 heterocycles. The maximum atomic E-state index is 9.47. The Hall–Kier alpha value is -1.62. The number of methoxy groups -OCH3 is 1. The van der Waals surface area contributed by atoms with Crippen molar-refractivity contribution in [1.82, 2.24) is 0 Å². The topological polar surface area (TPSA) is 82.0 Å². The fraction of sp³-hybridized carbons (Fsp3) is 0.400. The maximum Gasteiger partial charge on any atom is 0.146 e. The van der Waals surface area contributed by atoms with Crippen LogP contribution in [0.3, 0.4) is 0 Å². The van der Waals surface area contributed by atoms with E-state index < -0.39 is 0 Å². The van der Waals surface area contributed by atoms with Gasteiger partial charge in [-0.2, -0.15) is 0 Å². The number of ether oxygens (including phenoxy) is 1. The smallest absolute Gasteiger partial charge is 0.146 e. The van der Waals surface area contributed by atoms with Crippen molar-refractivity contribution >= 4 is 5.69 Å². The molecule has 4 N–H and O–H groups in total. The predicted molar refractivity (Wildman–Crippen MR) is 56.4 cm³/mol. The number of phenolic OH excluding ortho intramolecular Hbond substituents is 3. The van der Waals surface area contributed by atoms with Crippen LogP contribution in [0.5, 0.6) is 17.2 Å². The molecule has 5 heteroatoms. The zero-order valence-electron chi connectivity index (χ0n) is 8.69. The number of hydrogen-bond donors (Lipinski definition) is 4. The van der Waals surface area contributed by atoms with Crippen molar-refractivity contribution in [3.63, 3.8) is 0 Å². The van der Waals surface area contributed by atoms with Gasteiger partial charge in [0.2, 0.25) is 0 Å². The lowest BCUT2D eigenvalue weighted by molar-refractivity contribution is 0.190. The summed E-state index contributed by atoms with van der Waals surface area (Å²) in [6, 6.07) is 2.25. The highest BCUT2D eigenvalue weighted by atomic mass is 16.5. The molecule has 0 radical (unpaired) electrons. The summed E-state index contributed by atoms with van der Waals surface area (Å²) in [5.41, 5.74) is 0.192. The molecule has 1 rings (SSSR count). The highest BCUT2D eigenvalue weighted by Crippen LogP contribution is 2.37. The summed E-state index contributed by atoms with van der Waals surface area (Å²) >= 11 is 0. The molecule has 1 aromatic rings. The summed E-state index contributed by atoms with van der Waals surface area (Å²) in [7, 11) is 1.56. The van der Waals surface area contributed by atoms with Crippen molar-refractivity contribution in [2.24, 2.45) is 0 Å². The molecule has 5 nitrogen and oxygen atoms in total. The number of anilines is 1. The molecule has 1 unspecified atom stereocenters. The molecule has 0 saturated heterocycles. The first-order valence-corrected chi connectivity index (χ1v) is 4.55. The zero-order valence-corrected chi connectivity index (χ0v) is 8.69. The minimum atomic E-state index is -0.199. The van der Waals surface area contributed by atoms with Crippen molar-refractivity contribution in [3.8, 4) is 17.2 Å². The average Bonchev–Trinajstić information content (AvgIpc) is 2.11. The van der Waals surface area contributed by atoms with Crippen molar-refractivity contribution < 1.29 is 20.1 Å². The minimum absolute atomic E-state index is 0.0589. The highest BCUT2D eigenvalue weighted by Gasteiger charge is 2.11. The summed E-state index contributed by atoms with van der Waals surface area (Å²) < 4.78 is 4.90. The predicted octanol–water partition coefficient (Wildman–Crippen LogP) is 1.25. The molecule has 0 aromatic heterocycles. The molecule has 15 heavy (non-hydrogen) atoms. The third-order valence-electron chi connectivity index (χ3n) is 1.89. The Morgan fingerprint density at radius 3 is 2.27 bits per heavy atom. The van der Waals surface area contributed by atoms with E-state index in [1.807, 2.05) is 6.92 Å². The molecule has 0 aliphatic heterocycles. The van der Waals surface area contributed by atoms with Gasteiger partial charge in [-0.15, -0.1) is 0 Å². The largest absolute Gasteiger partial charge is 0.508 e. The lowest BCUT2D eigenvalue weighted by atomic mass is 10.2. The van der Waals surface area contributed by atoms with Gasteiger partial charge < -0.3 is 25.4 Å². The summed E-state index contributed by atoms with van der Waals surface area (Å²) in [6.45, 7) is 2.29. The SMILES string of the molecule is COCC(C)Nc1c(O)cc(O)cc1O. The number of benzene rings is 1. The van der Waals surface area contributed by atoms with E-state index in [0.717, 1.165) is 12.1 Å². The van der Waals surface area contributed by atoms with Gasteiger partial charge in [-0.25, -0.2) is 0 Å². The van der Waals surface area contributed by atoms with Gasteiger partial charge in [-0.05, 0) is 6.92 Å². The molecule has 0 spiro atoms. The van der Waals surface area contributed by atoms with Gasteiger partial charge in [0.25, 0.3) is 0 Å². The van der Waals surface area contributed by atoms with Gasteiger partial charge in [-0.1, -0.05) is 0 Å². The molecule has 84 valence electrons. The molecule has 0 aliphatic rings. The third kappa shape index (κ3) is 2.92. The van der Waals surface area contributed by atoms with Crippen LogP contribution in [-0.4, -0.2) is 35.1 Å². The molecule has 0 saturated carbocycles. The van der Waals surface area contributed by atoms with Crippen molar-refractivity contribution in [2.45, 2.75) is 13.0 Å². The molecule has 0 bridgehead atoms. The molecule has 1 atom stereocenters. The first kappa shape index (κ1) is 11.5. The number of phenols is 3. The Morgan fingerprint density at radius 1 is 1.27 bits per heavy atom. The maximum absolute atomic E-state index is 9.47. The summed E-state index contributed by atoms with van der Waals surface area (Å²) in [5.74, 6) is -0.583. The Kier molecular flexibility index (Phi) is 3.62. The van der Waals surface area contributed by atoms with Crippen LogP contribution in [0.4, 0.5) is 5.69 Å². The number of nitrogens with one attached hydrogen (secondary N) is 1. The quantitative estimate of drug-likeness (QED) is 0.447. The van der Waals surface area contributed by atoms with E-state index in [4.69, 9.17) is 9.84 Å². The standard InChI is InChI=1S/C10H15NO4/c1-6(5-15-2)11-10-8(13)3-7(12)4-9(10)14/h3-4,6,11-14H,5H2,1-2H3. The van der Waals surface area contributed by atoms with Crippen molar-refractivity contribution in [1.29, 1.82) is 0 Å². The third-order valence-corrected chi connectivity index (χ3v) is 1.89. The van der Waals surface area contributed by atoms with Crippen molar-refractivity contribution in [3.05, 3.63) is 12.1 Å². The van der Waals surface area contributed by atoms with Crippen molar-refractivity contribution in [2.75, 3.05) is 19.0 Å². The Balaban J connectivity index is 2.85. The van der Waals surface area contributed by atoms with Gasteiger partial charge in [0.05, 0.1) is 6.61 Å². The van der Waals surface area contributed by atoms with Crippen LogP contribution < -0.4 is 5.32 Å². The van der Waals surface area contributed by atoms with Gasteiger partial charge >= 0.3 is 0 Å². The average molecular weight is 213 g/mol. The van der Waals surface area contributed by atoms with E-state index in [-0.39, 0.29) is 29.0 Å². The van der Waals surface area contributed by atoms with E-state index in [9.17, 15) is 10.2 Å². The second-order valence-corrected chi connectivity index (χ2v) is 3.36. The fourth-order valence-electron chi connectivity index (χ4n) is 1.28. The Morgan fingerprint density at radius 2 is 1.80 bits per heavy atom. The fourth-order valence-corrected chi connectivity index (χ4v) is 1.28. The van der Waals surface area contributed by atoms with Crippen LogP contribution in [0.1, 0.15) is 6.92 Å². The normalized spacial score (nSPS) is 12.4. The van der Waals surface area contributed by atoms with Crippen LogP contribution in [0.25, 0.3) is 0 Å². The molecule has 1 aromatic carbocycles.